The van der Waals surface area contributed by atoms with E-state index in [0.29, 0.717) is 29.7 Å². The quantitative estimate of drug-likeness (QED) is 0.481. The minimum Gasteiger partial charge on any atom is -0.320 e. The van der Waals surface area contributed by atoms with Crippen molar-refractivity contribution < 1.29 is 4.79 Å². The van der Waals surface area contributed by atoms with Crippen molar-refractivity contribution in [2.75, 3.05) is 11.9 Å². The van der Waals surface area contributed by atoms with E-state index in [1.165, 1.54) is 0 Å². The molecule has 0 spiro atoms. The van der Waals surface area contributed by atoms with E-state index in [1.54, 1.807) is 21.7 Å². The normalized spacial score (nSPS) is 13.1. The van der Waals surface area contributed by atoms with Gasteiger partial charge in [-0.15, -0.1) is 5.10 Å². The first-order valence-electron chi connectivity index (χ1n) is 10.1. The summed E-state index contributed by atoms with van der Waals surface area (Å²) in [7, 11) is 0. The molecule has 0 radical (unpaired) electrons. The first kappa shape index (κ1) is 20.5. The van der Waals surface area contributed by atoms with Crippen molar-refractivity contribution in [3.05, 3.63) is 87.9 Å². The van der Waals surface area contributed by atoms with Crippen molar-refractivity contribution in [1.29, 1.82) is 0 Å². The number of anilines is 1. The van der Waals surface area contributed by atoms with Crippen LogP contribution in [-0.2, 0) is 19.5 Å². The Hall–Kier alpha value is -3.36. The molecule has 162 valence electrons. The van der Waals surface area contributed by atoms with Gasteiger partial charge >= 0.3 is 6.03 Å². The largest absolute Gasteiger partial charge is 0.322 e. The van der Waals surface area contributed by atoms with Crippen LogP contribution >= 0.6 is 23.2 Å². The second-order valence-corrected chi connectivity index (χ2v) is 8.31. The molecule has 0 saturated carbocycles. The number of urea groups is 1. The van der Waals surface area contributed by atoms with E-state index in [1.807, 2.05) is 53.5 Å². The third kappa shape index (κ3) is 4.19. The van der Waals surface area contributed by atoms with Crippen LogP contribution in [0.5, 0.6) is 0 Å². The van der Waals surface area contributed by atoms with Gasteiger partial charge in [-0.2, -0.15) is 5.10 Å². The molecular weight excluding hydrogens is 449 g/mol. The average molecular weight is 468 g/mol. The van der Waals surface area contributed by atoms with Crippen molar-refractivity contribution in [1.82, 2.24) is 29.7 Å². The molecule has 1 N–H and O–H groups in total. The maximum absolute atomic E-state index is 12.6. The topological polar surface area (TPSA) is 80.9 Å². The monoisotopic (exact) mass is 467 g/mol. The number of hydrogen-bond acceptors (Lipinski definition) is 4. The summed E-state index contributed by atoms with van der Waals surface area (Å²) < 4.78 is 3.58. The molecule has 1 aliphatic heterocycles. The fourth-order valence-corrected chi connectivity index (χ4v) is 4.00. The molecule has 0 saturated heterocycles. The Kier molecular flexibility index (Phi) is 5.55. The van der Waals surface area contributed by atoms with Gasteiger partial charge in [0, 0.05) is 29.9 Å². The molecule has 10 heteroatoms. The van der Waals surface area contributed by atoms with E-state index in [4.69, 9.17) is 23.2 Å². The van der Waals surface area contributed by atoms with Crippen LogP contribution in [-0.4, -0.2) is 42.3 Å². The predicted octanol–water partition coefficient (Wildman–Crippen LogP) is 4.41. The number of fused-ring (bicyclic) bond motifs is 1. The highest BCUT2D eigenvalue weighted by molar-refractivity contribution is 6.42. The predicted molar refractivity (Wildman–Crippen MR) is 122 cm³/mol. The third-order valence-electron chi connectivity index (χ3n) is 5.35. The lowest BCUT2D eigenvalue weighted by Gasteiger charge is -2.27. The summed E-state index contributed by atoms with van der Waals surface area (Å²) in [6.45, 7) is 1.63. The number of amides is 2. The van der Waals surface area contributed by atoms with E-state index in [2.05, 4.69) is 20.7 Å². The number of hydrogen-bond donors (Lipinski definition) is 1. The zero-order chi connectivity index (χ0) is 22.1. The molecule has 0 atom stereocenters. The molecule has 0 unspecified atom stereocenters. The zero-order valence-corrected chi connectivity index (χ0v) is 18.5. The fourth-order valence-electron chi connectivity index (χ4n) is 3.71. The molecule has 2 aromatic carbocycles. The van der Waals surface area contributed by atoms with Gasteiger partial charge in [-0.25, -0.2) is 9.48 Å². The number of rotatable bonds is 4. The summed E-state index contributed by atoms with van der Waals surface area (Å²) >= 11 is 12.1. The Labute approximate surface area is 194 Å². The van der Waals surface area contributed by atoms with Crippen molar-refractivity contribution in [3.63, 3.8) is 0 Å². The van der Waals surface area contributed by atoms with Gasteiger partial charge in [-0.1, -0.05) is 46.6 Å². The minimum absolute atomic E-state index is 0.112. The summed E-state index contributed by atoms with van der Waals surface area (Å²) in [6.07, 6.45) is 4.38. The lowest BCUT2D eigenvalue weighted by Crippen LogP contribution is -2.39. The van der Waals surface area contributed by atoms with Crippen LogP contribution < -0.4 is 5.32 Å². The molecule has 2 amide bonds. The molecule has 0 aliphatic carbocycles. The number of aromatic nitrogens is 5. The summed E-state index contributed by atoms with van der Waals surface area (Å²) in [5, 5.41) is 16.9. The van der Waals surface area contributed by atoms with Gasteiger partial charge in [-0.3, -0.25) is 4.68 Å². The SMILES string of the molecule is O=C(Nc1ccccc1)N1CCc2c(cnn2Cc2cn(-c3ccc(Cl)c(Cl)c3)nn2)C1. The van der Waals surface area contributed by atoms with Crippen molar-refractivity contribution in [2.45, 2.75) is 19.5 Å². The van der Waals surface area contributed by atoms with E-state index in [-0.39, 0.29) is 6.03 Å². The number of halogens is 2. The molecule has 5 rings (SSSR count). The first-order chi connectivity index (χ1) is 15.6. The first-order valence-corrected chi connectivity index (χ1v) is 10.8. The van der Waals surface area contributed by atoms with Gasteiger partial charge in [0.15, 0.2) is 0 Å². The highest BCUT2D eigenvalue weighted by Gasteiger charge is 2.24. The highest BCUT2D eigenvalue weighted by atomic mass is 35.5. The van der Waals surface area contributed by atoms with E-state index >= 15 is 0 Å². The van der Waals surface area contributed by atoms with E-state index in [9.17, 15) is 4.79 Å². The maximum Gasteiger partial charge on any atom is 0.322 e. The van der Waals surface area contributed by atoms with E-state index in [0.717, 1.165) is 34.7 Å². The van der Waals surface area contributed by atoms with Gasteiger partial charge in [0.05, 0.1) is 41.2 Å². The highest BCUT2D eigenvalue weighted by Crippen LogP contribution is 2.24. The Balaban J connectivity index is 1.27. The average Bonchev–Trinajstić information content (AvgIpc) is 3.43. The summed E-state index contributed by atoms with van der Waals surface area (Å²) in [5.74, 6) is 0. The van der Waals surface area contributed by atoms with Crippen molar-refractivity contribution >= 4 is 34.9 Å². The van der Waals surface area contributed by atoms with Crippen LogP contribution in [0.15, 0.2) is 60.9 Å². The third-order valence-corrected chi connectivity index (χ3v) is 6.09. The summed E-state index contributed by atoms with van der Waals surface area (Å²) in [6, 6.07) is 14.6. The molecule has 0 fully saturated rings. The summed E-state index contributed by atoms with van der Waals surface area (Å²) in [5.41, 5.74) is 4.48. The van der Waals surface area contributed by atoms with Gasteiger partial charge in [-0.05, 0) is 30.3 Å². The van der Waals surface area contributed by atoms with Gasteiger partial charge in [0.25, 0.3) is 0 Å². The second kappa shape index (κ2) is 8.64. The van der Waals surface area contributed by atoms with Gasteiger partial charge in [0.2, 0.25) is 0 Å². The maximum atomic E-state index is 12.6. The minimum atomic E-state index is -0.112. The number of carbonyl (C=O) groups is 1. The number of nitrogens with one attached hydrogen (secondary N) is 1. The van der Waals surface area contributed by atoms with Crippen LogP contribution in [0.2, 0.25) is 10.0 Å². The van der Waals surface area contributed by atoms with Crippen LogP contribution in [0, 0.1) is 0 Å². The molecule has 4 aromatic rings. The Morgan fingerprint density at radius 1 is 1.09 bits per heavy atom. The Morgan fingerprint density at radius 3 is 2.75 bits per heavy atom. The molecule has 2 aromatic heterocycles. The van der Waals surface area contributed by atoms with Crippen molar-refractivity contribution in [2.24, 2.45) is 0 Å². The Morgan fingerprint density at radius 2 is 1.94 bits per heavy atom. The van der Waals surface area contributed by atoms with Crippen molar-refractivity contribution in [3.8, 4) is 5.69 Å². The lowest BCUT2D eigenvalue weighted by molar-refractivity contribution is 0.205. The summed E-state index contributed by atoms with van der Waals surface area (Å²) in [4.78, 5) is 14.4. The standard InChI is InChI=1S/C22H19Cl2N7O/c23-19-7-6-18(10-20(19)24)30-13-17(27-28-30)14-31-21-8-9-29(12-15(21)11-25-31)22(32)26-16-4-2-1-3-5-16/h1-7,10-11,13H,8-9,12,14H2,(H,26,32). The van der Waals surface area contributed by atoms with E-state index < -0.39 is 0 Å². The molecule has 32 heavy (non-hydrogen) atoms. The van der Waals surface area contributed by atoms with Crippen LogP contribution in [0.25, 0.3) is 5.69 Å². The molecular formula is C22H19Cl2N7O. The van der Waals surface area contributed by atoms with Crippen LogP contribution in [0.4, 0.5) is 10.5 Å². The fraction of sp³-hybridized carbons (Fsp3) is 0.182. The number of benzene rings is 2. The number of nitrogens with zero attached hydrogens (tertiary/aromatic N) is 6. The van der Waals surface area contributed by atoms with Crippen LogP contribution in [0.3, 0.4) is 0 Å². The molecule has 1 aliphatic rings. The number of para-hydroxylation sites is 1. The molecule has 0 bridgehead atoms. The number of carbonyl (C=O) groups excluding carboxylic acids is 1. The lowest BCUT2D eigenvalue weighted by atomic mass is 10.1. The Bertz CT molecular complexity index is 1270. The molecule has 8 nitrogen and oxygen atoms in total. The second-order valence-electron chi connectivity index (χ2n) is 7.49. The molecule has 3 heterocycles. The van der Waals surface area contributed by atoms with Gasteiger partial charge in [0.1, 0.15) is 5.69 Å². The smallest absolute Gasteiger partial charge is 0.320 e. The zero-order valence-electron chi connectivity index (χ0n) is 16.9. The van der Waals surface area contributed by atoms with Crippen LogP contribution in [0.1, 0.15) is 17.0 Å². The van der Waals surface area contributed by atoms with Gasteiger partial charge < -0.3 is 10.2 Å².